The quantitative estimate of drug-likeness (QED) is 0.823. The van der Waals surface area contributed by atoms with Crippen molar-refractivity contribution in [3.63, 3.8) is 0 Å². The molecule has 0 aliphatic heterocycles. The van der Waals surface area contributed by atoms with Crippen molar-refractivity contribution in [2.24, 2.45) is 7.05 Å². The van der Waals surface area contributed by atoms with Gasteiger partial charge in [0.15, 0.2) is 5.75 Å². The maximum absolute atomic E-state index is 12.1. The minimum Gasteiger partial charge on any atom is -0.504 e. The summed E-state index contributed by atoms with van der Waals surface area (Å²) in [4.78, 5) is 12.1. The molecule has 5 heteroatoms. The first-order valence-corrected chi connectivity index (χ1v) is 6.73. The van der Waals surface area contributed by atoms with Crippen LogP contribution in [0.5, 0.6) is 11.5 Å². The molecule has 1 aromatic carbocycles. The highest BCUT2D eigenvalue weighted by atomic mass is 16.5. The summed E-state index contributed by atoms with van der Waals surface area (Å²) < 4.78 is 6.46. The number of hydrogen-bond acceptors (Lipinski definition) is 4. The maximum Gasteiger partial charge on any atom is 0.297 e. The number of aryl methyl sites for hydroxylation is 1. The number of aromatic nitrogens is 1. The Morgan fingerprint density at radius 1 is 1.40 bits per heavy atom. The minimum atomic E-state index is -0.344. The number of aromatic hydroxyl groups is 1. The predicted molar refractivity (Wildman–Crippen MR) is 80.8 cm³/mol. The van der Waals surface area contributed by atoms with Crippen LogP contribution in [0.25, 0.3) is 10.9 Å². The van der Waals surface area contributed by atoms with Crippen LogP contribution in [0.15, 0.2) is 23.0 Å². The van der Waals surface area contributed by atoms with Crippen molar-refractivity contribution < 1.29 is 9.84 Å². The second kappa shape index (κ2) is 5.86. The van der Waals surface area contributed by atoms with Crippen LogP contribution in [-0.2, 0) is 7.05 Å². The summed E-state index contributed by atoms with van der Waals surface area (Å²) >= 11 is 0. The van der Waals surface area contributed by atoms with E-state index in [-0.39, 0.29) is 17.1 Å². The molecule has 0 spiro atoms. The summed E-state index contributed by atoms with van der Waals surface area (Å²) in [6.45, 7) is 3.02. The highest BCUT2D eigenvalue weighted by Crippen LogP contribution is 2.32. The molecule has 0 bridgehead atoms. The molecule has 1 aromatic heterocycles. The Hall–Kier alpha value is -2.17. The number of methoxy groups -OCH3 is 1. The van der Waals surface area contributed by atoms with Gasteiger partial charge in [-0.05, 0) is 24.6 Å². The smallest absolute Gasteiger partial charge is 0.297 e. The van der Waals surface area contributed by atoms with Crippen LogP contribution in [0, 0.1) is 0 Å². The predicted octanol–water partition coefficient (Wildman–Crippen LogP) is 2.46. The van der Waals surface area contributed by atoms with Gasteiger partial charge in [-0.15, -0.1) is 0 Å². The highest BCUT2D eigenvalue weighted by molar-refractivity contribution is 5.89. The SMILES string of the molecule is CCCCNc1ccc2c(O)c(OC)c(=O)n(C)c2c1. The van der Waals surface area contributed by atoms with Gasteiger partial charge < -0.3 is 19.7 Å². The van der Waals surface area contributed by atoms with Crippen LogP contribution in [0.3, 0.4) is 0 Å². The lowest BCUT2D eigenvalue weighted by atomic mass is 10.1. The van der Waals surface area contributed by atoms with Crippen LogP contribution in [-0.4, -0.2) is 23.3 Å². The molecular weight excluding hydrogens is 256 g/mol. The molecule has 2 N–H and O–H groups in total. The summed E-state index contributed by atoms with van der Waals surface area (Å²) in [7, 11) is 3.05. The van der Waals surface area contributed by atoms with E-state index in [1.165, 1.54) is 11.7 Å². The van der Waals surface area contributed by atoms with Gasteiger partial charge in [0.05, 0.1) is 12.6 Å². The largest absolute Gasteiger partial charge is 0.504 e. The molecule has 108 valence electrons. The van der Waals surface area contributed by atoms with Crippen molar-refractivity contribution in [1.29, 1.82) is 0 Å². The number of rotatable bonds is 5. The molecular formula is C15H20N2O3. The average molecular weight is 276 g/mol. The number of ether oxygens (including phenoxy) is 1. The molecule has 20 heavy (non-hydrogen) atoms. The van der Waals surface area contributed by atoms with Gasteiger partial charge in [-0.25, -0.2) is 0 Å². The number of nitrogens with one attached hydrogen (secondary N) is 1. The Labute approximate surface area is 117 Å². The molecule has 2 aromatic rings. The molecule has 0 saturated heterocycles. The first-order valence-electron chi connectivity index (χ1n) is 6.73. The van der Waals surface area contributed by atoms with E-state index >= 15 is 0 Å². The number of fused-ring (bicyclic) bond motifs is 1. The first-order chi connectivity index (χ1) is 9.60. The molecule has 0 saturated carbocycles. The van der Waals surface area contributed by atoms with E-state index in [9.17, 15) is 9.90 Å². The third kappa shape index (κ3) is 2.43. The Morgan fingerprint density at radius 2 is 2.15 bits per heavy atom. The van der Waals surface area contributed by atoms with Crippen LogP contribution in [0.1, 0.15) is 19.8 Å². The molecule has 0 radical (unpaired) electrons. The van der Waals surface area contributed by atoms with Gasteiger partial charge in [0, 0.05) is 24.7 Å². The summed E-state index contributed by atoms with van der Waals surface area (Å²) in [5, 5.41) is 14.0. The van der Waals surface area contributed by atoms with Crippen molar-refractivity contribution in [3.05, 3.63) is 28.6 Å². The van der Waals surface area contributed by atoms with Gasteiger partial charge in [-0.1, -0.05) is 13.3 Å². The lowest BCUT2D eigenvalue weighted by molar-refractivity contribution is 0.368. The van der Waals surface area contributed by atoms with Crippen LogP contribution in [0.2, 0.25) is 0 Å². The monoisotopic (exact) mass is 276 g/mol. The third-order valence-corrected chi connectivity index (χ3v) is 3.39. The van der Waals surface area contributed by atoms with Crippen LogP contribution in [0.4, 0.5) is 5.69 Å². The lowest BCUT2D eigenvalue weighted by Crippen LogP contribution is -2.19. The van der Waals surface area contributed by atoms with Gasteiger partial charge in [0.25, 0.3) is 5.56 Å². The van der Waals surface area contributed by atoms with Crippen molar-refractivity contribution in [3.8, 4) is 11.5 Å². The lowest BCUT2D eigenvalue weighted by Gasteiger charge is -2.13. The maximum atomic E-state index is 12.1. The summed E-state index contributed by atoms with van der Waals surface area (Å²) in [5.74, 6) is -0.127. The molecule has 0 aliphatic rings. The van der Waals surface area contributed by atoms with E-state index in [0.717, 1.165) is 25.1 Å². The van der Waals surface area contributed by atoms with Crippen LogP contribution < -0.4 is 15.6 Å². The molecule has 0 fully saturated rings. The number of nitrogens with zero attached hydrogens (tertiary/aromatic N) is 1. The number of benzene rings is 1. The van der Waals surface area contributed by atoms with Gasteiger partial charge in [-0.2, -0.15) is 0 Å². The zero-order valence-electron chi connectivity index (χ0n) is 12.1. The Bertz CT molecular complexity index is 677. The van der Waals surface area contributed by atoms with E-state index in [1.54, 1.807) is 13.1 Å². The molecule has 0 amide bonds. The fourth-order valence-electron chi connectivity index (χ4n) is 2.20. The highest BCUT2D eigenvalue weighted by Gasteiger charge is 2.15. The second-order valence-electron chi connectivity index (χ2n) is 4.76. The Morgan fingerprint density at radius 3 is 2.80 bits per heavy atom. The molecule has 2 rings (SSSR count). The topological polar surface area (TPSA) is 63.5 Å². The van der Waals surface area contributed by atoms with Gasteiger partial charge in [0.2, 0.25) is 5.75 Å². The zero-order chi connectivity index (χ0) is 14.7. The summed E-state index contributed by atoms with van der Waals surface area (Å²) in [5.41, 5.74) is 1.27. The van der Waals surface area contributed by atoms with Crippen molar-refractivity contribution in [1.82, 2.24) is 4.57 Å². The van der Waals surface area contributed by atoms with E-state index in [2.05, 4.69) is 12.2 Å². The van der Waals surface area contributed by atoms with E-state index in [4.69, 9.17) is 4.74 Å². The molecule has 0 atom stereocenters. The zero-order valence-corrected chi connectivity index (χ0v) is 12.1. The number of hydrogen-bond donors (Lipinski definition) is 2. The number of anilines is 1. The van der Waals surface area contributed by atoms with Crippen molar-refractivity contribution >= 4 is 16.6 Å². The van der Waals surface area contributed by atoms with E-state index in [0.29, 0.717) is 10.9 Å². The van der Waals surface area contributed by atoms with Gasteiger partial charge in [-0.3, -0.25) is 4.79 Å². The average Bonchev–Trinajstić information content (AvgIpc) is 2.46. The van der Waals surface area contributed by atoms with Gasteiger partial charge in [0.1, 0.15) is 0 Å². The third-order valence-electron chi connectivity index (χ3n) is 3.39. The molecule has 1 heterocycles. The standard InChI is InChI=1S/C15H20N2O3/c1-4-5-8-16-10-6-7-11-12(9-10)17(2)15(19)14(20-3)13(11)18/h6-7,9,16,18H,4-5,8H2,1-3H3. The van der Waals surface area contributed by atoms with Crippen molar-refractivity contribution in [2.75, 3.05) is 19.0 Å². The molecule has 0 aliphatic carbocycles. The van der Waals surface area contributed by atoms with Crippen LogP contribution >= 0.6 is 0 Å². The van der Waals surface area contributed by atoms with E-state index < -0.39 is 0 Å². The second-order valence-corrected chi connectivity index (χ2v) is 4.76. The van der Waals surface area contributed by atoms with Crippen molar-refractivity contribution in [2.45, 2.75) is 19.8 Å². The normalized spacial score (nSPS) is 10.8. The Kier molecular flexibility index (Phi) is 4.17. The number of unbranched alkanes of at least 4 members (excludes halogenated alkanes) is 1. The summed E-state index contributed by atoms with van der Waals surface area (Å²) in [6, 6.07) is 5.55. The fourth-order valence-corrected chi connectivity index (χ4v) is 2.20. The summed E-state index contributed by atoms with van der Waals surface area (Å²) in [6.07, 6.45) is 2.21. The fraction of sp³-hybridized carbons (Fsp3) is 0.400. The Balaban J connectivity index is 2.53. The molecule has 5 nitrogen and oxygen atoms in total. The minimum absolute atomic E-state index is 0.0216. The first kappa shape index (κ1) is 14.2. The number of pyridine rings is 1. The van der Waals surface area contributed by atoms with Gasteiger partial charge >= 0.3 is 0 Å². The van der Waals surface area contributed by atoms with E-state index in [1.807, 2.05) is 12.1 Å². The molecule has 0 unspecified atom stereocenters.